The standard InChI is InChI=1S/C28H30N4O3/c1-31-18-30-25-10-9-21(14-27(25)31)20-6-4-7-23(13-20)35-17-22(33)16-32-12-11-19-5-2-3-8-24(19)26(32)15-28(29)34/h2-10,13-14,18,22,26,33H,11-12,15-17H2,1H3,(H2,29,34). The molecule has 180 valence electrons. The van der Waals surface area contributed by atoms with Gasteiger partial charge in [-0.2, -0.15) is 0 Å². The van der Waals surface area contributed by atoms with Gasteiger partial charge >= 0.3 is 0 Å². The van der Waals surface area contributed by atoms with Crippen molar-refractivity contribution in [3.8, 4) is 16.9 Å². The number of β-amino-alcohol motifs (C(OH)–C–C–N with tert-alkyl or cyclic N) is 1. The second-order valence-electron chi connectivity index (χ2n) is 9.18. The first-order chi connectivity index (χ1) is 17.0. The lowest BCUT2D eigenvalue weighted by Gasteiger charge is -2.37. The van der Waals surface area contributed by atoms with Gasteiger partial charge in [0.15, 0.2) is 0 Å². The molecule has 0 aliphatic carbocycles. The number of ether oxygens (including phenoxy) is 1. The Labute approximate surface area is 204 Å². The van der Waals surface area contributed by atoms with E-state index in [9.17, 15) is 9.90 Å². The second-order valence-corrected chi connectivity index (χ2v) is 9.18. The highest BCUT2D eigenvalue weighted by Crippen LogP contribution is 2.32. The molecule has 1 aliphatic rings. The van der Waals surface area contributed by atoms with Crippen LogP contribution in [0, 0.1) is 0 Å². The first kappa shape index (κ1) is 23.1. The van der Waals surface area contributed by atoms with Crippen molar-refractivity contribution < 1.29 is 14.6 Å². The third kappa shape index (κ3) is 5.06. The number of aromatic nitrogens is 2. The SMILES string of the molecule is Cn1cnc2ccc(-c3cccc(OCC(O)CN4CCc5ccccc5C4CC(N)=O)c3)cc21. The van der Waals surface area contributed by atoms with Crippen LogP contribution in [0.15, 0.2) is 73.1 Å². The number of benzene rings is 3. The Morgan fingerprint density at radius 3 is 2.83 bits per heavy atom. The van der Waals surface area contributed by atoms with E-state index >= 15 is 0 Å². The van der Waals surface area contributed by atoms with E-state index in [0.717, 1.165) is 40.7 Å². The Bertz CT molecular complexity index is 1350. The Kier molecular flexibility index (Phi) is 6.53. The maximum Gasteiger partial charge on any atom is 0.219 e. The summed E-state index contributed by atoms with van der Waals surface area (Å²) in [7, 11) is 1.98. The van der Waals surface area contributed by atoms with Gasteiger partial charge < -0.3 is 20.1 Å². The minimum atomic E-state index is -0.704. The van der Waals surface area contributed by atoms with E-state index in [2.05, 4.69) is 28.1 Å². The predicted octanol–water partition coefficient (Wildman–Crippen LogP) is 3.45. The van der Waals surface area contributed by atoms with Gasteiger partial charge in [-0.25, -0.2) is 4.98 Å². The molecule has 0 fully saturated rings. The fourth-order valence-electron chi connectivity index (χ4n) is 4.94. The molecule has 3 N–H and O–H groups in total. The maximum absolute atomic E-state index is 11.7. The number of hydrogen-bond donors (Lipinski definition) is 2. The Morgan fingerprint density at radius 1 is 1.14 bits per heavy atom. The smallest absolute Gasteiger partial charge is 0.219 e. The summed E-state index contributed by atoms with van der Waals surface area (Å²) in [4.78, 5) is 18.3. The lowest BCUT2D eigenvalue weighted by molar-refractivity contribution is -0.119. The molecule has 0 bridgehead atoms. The van der Waals surface area contributed by atoms with Crippen LogP contribution >= 0.6 is 0 Å². The van der Waals surface area contributed by atoms with Crippen molar-refractivity contribution in [3.63, 3.8) is 0 Å². The van der Waals surface area contributed by atoms with Gasteiger partial charge in [0.1, 0.15) is 18.5 Å². The van der Waals surface area contributed by atoms with Gasteiger partial charge in [-0.05, 0) is 52.9 Å². The number of rotatable bonds is 8. The molecule has 3 aromatic carbocycles. The predicted molar refractivity (Wildman–Crippen MR) is 136 cm³/mol. The largest absolute Gasteiger partial charge is 0.491 e. The van der Waals surface area contributed by atoms with Gasteiger partial charge in [0, 0.05) is 32.6 Å². The Balaban J connectivity index is 1.25. The quantitative estimate of drug-likeness (QED) is 0.411. The second kappa shape index (κ2) is 9.90. The normalized spacial score (nSPS) is 16.7. The number of primary amides is 1. The Hall–Kier alpha value is -3.68. The fourth-order valence-corrected chi connectivity index (χ4v) is 4.94. The zero-order valence-corrected chi connectivity index (χ0v) is 19.8. The molecule has 2 atom stereocenters. The minimum Gasteiger partial charge on any atom is -0.491 e. The van der Waals surface area contributed by atoms with Gasteiger partial charge in [-0.3, -0.25) is 9.69 Å². The molecule has 1 aliphatic heterocycles. The van der Waals surface area contributed by atoms with Crippen LogP contribution in [0.3, 0.4) is 0 Å². The molecular formula is C28H30N4O3. The van der Waals surface area contributed by atoms with Gasteiger partial charge in [0.05, 0.1) is 17.4 Å². The maximum atomic E-state index is 11.7. The highest BCUT2D eigenvalue weighted by atomic mass is 16.5. The molecule has 2 unspecified atom stereocenters. The van der Waals surface area contributed by atoms with E-state index in [1.165, 1.54) is 5.56 Å². The summed E-state index contributed by atoms with van der Waals surface area (Å²) < 4.78 is 7.97. The highest BCUT2D eigenvalue weighted by molar-refractivity contribution is 5.82. The summed E-state index contributed by atoms with van der Waals surface area (Å²) in [5.41, 5.74) is 12.0. The molecule has 2 heterocycles. The number of aliphatic hydroxyl groups is 1. The molecule has 35 heavy (non-hydrogen) atoms. The summed E-state index contributed by atoms with van der Waals surface area (Å²) in [6, 6.07) is 22.1. The van der Waals surface area contributed by atoms with Crippen molar-refractivity contribution in [3.05, 3.63) is 84.2 Å². The van der Waals surface area contributed by atoms with Gasteiger partial charge in [0.25, 0.3) is 0 Å². The number of aliphatic hydroxyl groups excluding tert-OH is 1. The molecule has 5 rings (SSSR count). The van der Waals surface area contributed by atoms with Crippen LogP contribution in [0.25, 0.3) is 22.2 Å². The third-order valence-corrected chi connectivity index (χ3v) is 6.70. The molecule has 7 heteroatoms. The zero-order valence-electron chi connectivity index (χ0n) is 19.8. The van der Waals surface area contributed by atoms with Crippen molar-refractivity contribution >= 4 is 16.9 Å². The van der Waals surface area contributed by atoms with E-state index in [-0.39, 0.29) is 25.0 Å². The summed E-state index contributed by atoms with van der Waals surface area (Å²) in [6.07, 6.45) is 2.21. The van der Waals surface area contributed by atoms with Crippen molar-refractivity contribution in [2.24, 2.45) is 12.8 Å². The molecule has 0 radical (unpaired) electrons. The average Bonchev–Trinajstić information content (AvgIpc) is 3.24. The summed E-state index contributed by atoms with van der Waals surface area (Å²) in [6.45, 7) is 1.33. The van der Waals surface area contributed by atoms with Crippen LogP contribution in [0.4, 0.5) is 0 Å². The number of imidazole rings is 1. The number of hydrogen-bond acceptors (Lipinski definition) is 5. The first-order valence-corrected chi connectivity index (χ1v) is 11.9. The zero-order chi connectivity index (χ0) is 24.4. The van der Waals surface area contributed by atoms with Crippen molar-refractivity contribution in [1.82, 2.24) is 14.5 Å². The molecule has 0 saturated carbocycles. The topological polar surface area (TPSA) is 93.6 Å². The van der Waals surface area contributed by atoms with Gasteiger partial charge in [-0.1, -0.05) is 42.5 Å². The Morgan fingerprint density at radius 2 is 1.97 bits per heavy atom. The van der Waals surface area contributed by atoms with Crippen LogP contribution in [0.1, 0.15) is 23.6 Å². The number of nitrogens with zero attached hydrogens (tertiary/aromatic N) is 3. The molecule has 1 aromatic heterocycles. The monoisotopic (exact) mass is 470 g/mol. The van der Waals surface area contributed by atoms with E-state index in [4.69, 9.17) is 10.5 Å². The number of amides is 1. The molecule has 0 spiro atoms. The number of carbonyl (C=O) groups excluding carboxylic acids is 1. The summed E-state index contributed by atoms with van der Waals surface area (Å²) >= 11 is 0. The summed E-state index contributed by atoms with van der Waals surface area (Å²) in [5.74, 6) is 0.355. The lowest BCUT2D eigenvalue weighted by atomic mass is 9.90. The van der Waals surface area contributed by atoms with Crippen LogP contribution in [0.5, 0.6) is 5.75 Å². The van der Waals surface area contributed by atoms with Crippen molar-refractivity contribution in [2.45, 2.75) is 25.0 Å². The lowest BCUT2D eigenvalue weighted by Crippen LogP contribution is -2.43. The first-order valence-electron chi connectivity index (χ1n) is 11.9. The van der Waals surface area contributed by atoms with Crippen molar-refractivity contribution in [1.29, 1.82) is 0 Å². The molecule has 4 aromatic rings. The number of aryl methyl sites for hydroxylation is 1. The van der Waals surface area contributed by atoms with E-state index in [1.54, 1.807) is 0 Å². The third-order valence-electron chi connectivity index (χ3n) is 6.70. The number of nitrogens with two attached hydrogens (primary N) is 1. The van der Waals surface area contributed by atoms with Gasteiger partial charge in [0.2, 0.25) is 5.91 Å². The molecule has 7 nitrogen and oxygen atoms in total. The van der Waals surface area contributed by atoms with Crippen LogP contribution in [0.2, 0.25) is 0 Å². The summed E-state index contributed by atoms with van der Waals surface area (Å²) in [5, 5.41) is 10.8. The van der Waals surface area contributed by atoms with E-state index in [0.29, 0.717) is 12.3 Å². The van der Waals surface area contributed by atoms with Crippen molar-refractivity contribution in [2.75, 3.05) is 19.7 Å². The number of fused-ring (bicyclic) bond motifs is 2. The average molecular weight is 471 g/mol. The van der Waals surface area contributed by atoms with E-state index < -0.39 is 6.10 Å². The van der Waals surface area contributed by atoms with E-state index in [1.807, 2.05) is 66.5 Å². The van der Waals surface area contributed by atoms with Crippen LogP contribution in [-0.2, 0) is 18.3 Å². The van der Waals surface area contributed by atoms with Crippen LogP contribution in [-0.4, -0.2) is 51.3 Å². The molecular weight excluding hydrogens is 440 g/mol. The molecule has 1 amide bonds. The molecule has 0 saturated heterocycles. The minimum absolute atomic E-state index is 0.127. The highest BCUT2D eigenvalue weighted by Gasteiger charge is 2.29. The fraction of sp³-hybridized carbons (Fsp3) is 0.286. The van der Waals surface area contributed by atoms with Crippen LogP contribution < -0.4 is 10.5 Å². The van der Waals surface area contributed by atoms with Gasteiger partial charge in [-0.15, -0.1) is 0 Å². The number of carbonyl (C=O) groups is 1.